The van der Waals surface area contributed by atoms with E-state index in [0.29, 0.717) is 17.9 Å². The van der Waals surface area contributed by atoms with E-state index in [4.69, 9.17) is 0 Å². The number of fused-ring (bicyclic) bond motifs is 2. The van der Waals surface area contributed by atoms with Gasteiger partial charge in [0, 0.05) is 30.3 Å². The van der Waals surface area contributed by atoms with Crippen molar-refractivity contribution in [2.75, 3.05) is 11.4 Å². The lowest BCUT2D eigenvalue weighted by Crippen LogP contribution is -2.40. The van der Waals surface area contributed by atoms with Crippen LogP contribution in [0.2, 0.25) is 0 Å². The number of benzene rings is 1. The van der Waals surface area contributed by atoms with Crippen molar-refractivity contribution in [3.63, 3.8) is 0 Å². The van der Waals surface area contributed by atoms with Gasteiger partial charge < -0.3 is 10.2 Å². The molecule has 0 unspecified atom stereocenters. The third-order valence-corrected chi connectivity index (χ3v) is 6.29. The summed E-state index contributed by atoms with van der Waals surface area (Å²) in [4.78, 5) is 26.3. The van der Waals surface area contributed by atoms with Gasteiger partial charge in [-0.05, 0) is 68.6 Å². The topological polar surface area (TPSA) is 49.4 Å². The van der Waals surface area contributed by atoms with Crippen molar-refractivity contribution >= 4 is 17.5 Å². The van der Waals surface area contributed by atoms with E-state index in [1.165, 1.54) is 25.7 Å². The van der Waals surface area contributed by atoms with Gasteiger partial charge in [-0.2, -0.15) is 0 Å². The molecule has 1 aromatic rings. The van der Waals surface area contributed by atoms with Gasteiger partial charge in [-0.1, -0.05) is 12.5 Å². The van der Waals surface area contributed by atoms with E-state index in [0.717, 1.165) is 30.5 Å². The normalized spacial score (nSPS) is 30.0. The van der Waals surface area contributed by atoms with Crippen molar-refractivity contribution in [2.45, 2.75) is 51.5 Å². The van der Waals surface area contributed by atoms with Crippen LogP contribution in [-0.4, -0.2) is 24.4 Å². The summed E-state index contributed by atoms with van der Waals surface area (Å²) < 4.78 is 0. The molecule has 1 aliphatic heterocycles. The summed E-state index contributed by atoms with van der Waals surface area (Å²) in [6.45, 7) is 2.91. The third-order valence-electron chi connectivity index (χ3n) is 6.29. The quantitative estimate of drug-likeness (QED) is 0.922. The summed E-state index contributed by atoms with van der Waals surface area (Å²) in [7, 11) is 0. The Morgan fingerprint density at radius 2 is 2.17 bits per heavy atom. The van der Waals surface area contributed by atoms with Gasteiger partial charge in [0.25, 0.3) is 5.91 Å². The maximum absolute atomic E-state index is 12.7. The highest BCUT2D eigenvalue weighted by atomic mass is 16.2. The molecule has 4 nitrogen and oxygen atoms in total. The first-order chi connectivity index (χ1) is 11.6. The van der Waals surface area contributed by atoms with E-state index in [1.54, 1.807) is 4.90 Å². The molecular formula is C20H26N2O2. The molecule has 4 atom stereocenters. The number of rotatable bonds is 4. The van der Waals surface area contributed by atoms with Gasteiger partial charge >= 0.3 is 0 Å². The van der Waals surface area contributed by atoms with Crippen molar-refractivity contribution in [1.29, 1.82) is 0 Å². The Bertz CT molecular complexity index is 657. The molecule has 2 amide bonds. The number of carbonyl (C=O) groups excluding carboxylic acids is 2. The highest BCUT2D eigenvalue weighted by Crippen LogP contribution is 2.49. The van der Waals surface area contributed by atoms with Gasteiger partial charge in [-0.25, -0.2) is 0 Å². The molecule has 4 heteroatoms. The first kappa shape index (κ1) is 15.7. The molecule has 2 saturated carbocycles. The van der Waals surface area contributed by atoms with Crippen LogP contribution in [0.4, 0.5) is 5.69 Å². The number of hydrogen-bond donors (Lipinski definition) is 1. The molecule has 0 aromatic heterocycles. The summed E-state index contributed by atoms with van der Waals surface area (Å²) in [5.74, 6) is 2.47. The average Bonchev–Trinajstić information content (AvgIpc) is 3.31. The van der Waals surface area contributed by atoms with Gasteiger partial charge in [0.15, 0.2) is 0 Å². The Labute approximate surface area is 143 Å². The second-order valence-corrected chi connectivity index (χ2v) is 7.80. The molecule has 128 valence electrons. The molecule has 24 heavy (non-hydrogen) atoms. The van der Waals surface area contributed by atoms with Crippen LogP contribution in [0, 0.1) is 17.8 Å². The summed E-state index contributed by atoms with van der Waals surface area (Å²) in [6, 6.07) is 7.71. The molecule has 2 aliphatic carbocycles. The molecular weight excluding hydrogens is 300 g/mol. The fourth-order valence-corrected chi connectivity index (χ4v) is 5.04. The number of amides is 2. The molecule has 1 aromatic carbocycles. The molecule has 0 radical (unpaired) electrons. The molecule has 2 bridgehead atoms. The second-order valence-electron chi connectivity index (χ2n) is 7.80. The molecule has 3 fully saturated rings. The van der Waals surface area contributed by atoms with Crippen molar-refractivity contribution in [3.05, 3.63) is 29.8 Å². The number of nitrogens with zero attached hydrogens (tertiary/aromatic N) is 1. The minimum atomic E-state index is -0.0150. The van der Waals surface area contributed by atoms with Crippen molar-refractivity contribution in [1.82, 2.24) is 5.32 Å². The monoisotopic (exact) mass is 326 g/mol. The summed E-state index contributed by atoms with van der Waals surface area (Å²) >= 11 is 0. The van der Waals surface area contributed by atoms with E-state index in [2.05, 4.69) is 12.2 Å². The second kappa shape index (κ2) is 6.23. The van der Waals surface area contributed by atoms with Crippen molar-refractivity contribution in [2.24, 2.45) is 17.8 Å². The lowest BCUT2D eigenvalue weighted by atomic mass is 9.84. The van der Waals surface area contributed by atoms with E-state index >= 15 is 0 Å². The fraction of sp³-hybridized carbons (Fsp3) is 0.600. The predicted octanol–water partition coefficient (Wildman–Crippen LogP) is 3.37. The van der Waals surface area contributed by atoms with Crippen LogP contribution in [0.25, 0.3) is 0 Å². The number of hydrogen-bond acceptors (Lipinski definition) is 2. The highest BCUT2D eigenvalue weighted by Gasteiger charge is 2.42. The molecule has 1 saturated heterocycles. The van der Waals surface area contributed by atoms with Crippen LogP contribution in [0.3, 0.4) is 0 Å². The van der Waals surface area contributed by atoms with Crippen LogP contribution in [0.1, 0.15) is 55.8 Å². The zero-order valence-electron chi connectivity index (χ0n) is 14.3. The smallest absolute Gasteiger partial charge is 0.251 e. The molecule has 3 aliphatic rings. The van der Waals surface area contributed by atoms with Crippen molar-refractivity contribution in [3.8, 4) is 0 Å². The van der Waals surface area contributed by atoms with Gasteiger partial charge in [-0.3, -0.25) is 9.59 Å². The van der Waals surface area contributed by atoms with E-state index in [-0.39, 0.29) is 17.9 Å². The lowest BCUT2D eigenvalue weighted by Gasteiger charge is -2.28. The molecule has 4 rings (SSSR count). The maximum atomic E-state index is 12.7. The number of nitrogens with one attached hydrogen (secondary N) is 1. The van der Waals surface area contributed by atoms with Crippen LogP contribution >= 0.6 is 0 Å². The average molecular weight is 326 g/mol. The van der Waals surface area contributed by atoms with E-state index in [1.807, 2.05) is 24.3 Å². The Kier molecular flexibility index (Phi) is 4.07. The summed E-state index contributed by atoms with van der Waals surface area (Å²) in [5.41, 5.74) is 1.50. The zero-order chi connectivity index (χ0) is 16.7. The lowest BCUT2D eigenvalue weighted by molar-refractivity contribution is -0.117. The third kappa shape index (κ3) is 2.83. The minimum absolute atomic E-state index is 0.0150. The number of carbonyl (C=O) groups is 2. The van der Waals surface area contributed by atoms with Gasteiger partial charge in [0.2, 0.25) is 5.91 Å². The first-order valence-corrected chi connectivity index (χ1v) is 9.33. The minimum Gasteiger partial charge on any atom is -0.349 e. The largest absolute Gasteiger partial charge is 0.349 e. The Morgan fingerprint density at radius 1 is 1.29 bits per heavy atom. The fourth-order valence-electron chi connectivity index (χ4n) is 5.04. The summed E-state index contributed by atoms with van der Waals surface area (Å²) in [6.07, 6.45) is 6.86. The van der Waals surface area contributed by atoms with Crippen LogP contribution < -0.4 is 10.2 Å². The predicted molar refractivity (Wildman–Crippen MR) is 93.9 cm³/mol. The Morgan fingerprint density at radius 3 is 2.83 bits per heavy atom. The van der Waals surface area contributed by atoms with Crippen LogP contribution in [0.15, 0.2) is 24.3 Å². The van der Waals surface area contributed by atoms with Gasteiger partial charge in [0.05, 0.1) is 0 Å². The zero-order valence-corrected chi connectivity index (χ0v) is 14.3. The maximum Gasteiger partial charge on any atom is 0.251 e. The Balaban J connectivity index is 1.43. The molecule has 0 spiro atoms. The molecule has 1 N–H and O–H groups in total. The number of anilines is 1. The van der Waals surface area contributed by atoms with Crippen molar-refractivity contribution < 1.29 is 9.59 Å². The van der Waals surface area contributed by atoms with Gasteiger partial charge in [0.1, 0.15) is 0 Å². The van der Waals surface area contributed by atoms with Gasteiger partial charge in [-0.15, -0.1) is 0 Å². The highest BCUT2D eigenvalue weighted by molar-refractivity contribution is 5.99. The SMILES string of the molecule is C[C@H](NC(=O)c1cccc(N2CCCC2=O)c1)[C@H]1C[C@H]2CC[C@H]1C2. The van der Waals surface area contributed by atoms with Crippen LogP contribution in [-0.2, 0) is 4.79 Å². The molecule has 1 heterocycles. The first-order valence-electron chi connectivity index (χ1n) is 9.33. The Hall–Kier alpha value is -1.84. The van der Waals surface area contributed by atoms with E-state index in [9.17, 15) is 9.59 Å². The van der Waals surface area contributed by atoms with Crippen LogP contribution in [0.5, 0.6) is 0 Å². The standard InChI is InChI=1S/C20H26N2O2/c1-13(18-11-14-7-8-15(18)10-14)21-20(24)16-4-2-5-17(12-16)22-9-3-6-19(22)23/h2,4-5,12-15,18H,3,6-11H2,1H3,(H,21,24)/t13-,14-,15-,18+/m0/s1. The van der Waals surface area contributed by atoms with E-state index < -0.39 is 0 Å². The summed E-state index contributed by atoms with van der Waals surface area (Å²) in [5, 5.41) is 3.21.